The predicted molar refractivity (Wildman–Crippen MR) is 68.6 cm³/mol. The Kier molecular flexibility index (Phi) is 3.66. The molecule has 1 fully saturated rings. The van der Waals surface area contributed by atoms with E-state index in [0.717, 1.165) is 24.9 Å². The van der Waals surface area contributed by atoms with Crippen molar-refractivity contribution in [1.29, 1.82) is 0 Å². The van der Waals surface area contributed by atoms with E-state index in [9.17, 15) is 9.18 Å². The first kappa shape index (κ1) is 13.0. The molecular weight excluding hydrogens is 231 g/mol. The van der Waals surface area contributed by atoms with E-state index in [2.05, 4.69) is 0 Å². The highest BCUT2D eigenvalue weighted by molar-refractivity contribution is 5.78. The number of carbonyl (C=O) groups excluding carboxylic acids is 1. The van der Waals surface area contributed by atoms with Crippen molar-refractivity contribution >= 4 is 5.91 Å². The van der Waals surface area contributed by atoms with Crippen molar-refractivity contribution in [2.24, 2.45) is 5.73 Å². The van der Waals surface area contributed by atoms with Gasteiger partial charge in [-0.15, -0.1) is 0 Å². The number of likely N-dealkylation sites (tertiary alicyclic amines) is 1. The fourth-order valence-corrected chi connectivity index (χ4v) is 2.65. The van der Waals surface area contributed by atoms with Crippen LogP contribution in [0.15, 0.2) is 24.3 Å². The van der Waals surface area contributed by atoms with E-state index < -0.39 is 5.41 Å². The Morgan fingerprint density at radius 3 is 2.94 bits per heavy atom. The highest BCUT2D eigenvalue weighted by Crippen LogP contribution is 2.35. The minimum Gasteiger partial charge on any atom is -0.346 e. The average Bonchev–Trinajstić information content (AvgIpc) is 2.50. The first-order chi connectivity index (χ1) is 8.57. The van der Waals surface area contributed by atoms with Crippen LogP contribution < -0.4 is 5.73 Å². The van der Waals surface area contributed by atoms with Gasteiger partial charge in [0.15, 0.2) is 0 Å². The Balaban J connectivity index is 2.38. The van der Waals surface area contributed by atoms with Crippen LogP contribution in [0.5, 0.6) is 0 Å². The van der Waals surface area contributed by atoms with E-state index in [1.807, 2.05) is 6.07 Å². The second-order valence-corrected chi connectivity index (χ2v) is 5.09. The van der Waals surface area contributed by atoms with Crippen molar-refractivity contribution in [1.82, 2.24) is 4.90 Å². The maximum atomic E-state index is 13.4. The molecule has 3 nitrogen and oxygen atoms in total. The second-order valence-electron chi connectivity index (χ2n) is 5.09. The quantitative estimate of drug-likeness (QED) is 0.867. The molecule has 0 aliphatic carbocycles. The topological polar surface area (TPSA) is 46.3 Å². The Bertz CT molecular complexity index is 449. The first-order valence-electron chi connectivity index (χ1n) is 6.27. The van der Waals surface area contributed by atoms with Crippen LogP contribution in [0.3, 0.4) is 0 Å². The minimum absolute atomic E-state index is 0.0854. The molecule has 1 aromatic carbocycles. The van der Waals surface area contributed by atoms with Gasteiger partial charge in [0.2, 0.25) is 5.91 Å². The van der Waals surface area contributed by atoms with Crippen LogP contribution in [-0.4, -0.2) is 30.9 Å². The van der Waals surface area contributed by atoms with Crippen molar-refractivity contribution in [2.45, 2.75) is 24.7 Å². The van der Waals surface area contributed by atoms with Gasteiger partial charge in [0.25, 0.3) is 0 Å². The molecule has 0 aromatic heterocycles. The van der Waals surface area contributed by atoms with Crippen LogP contribution in [-0.2, 0) is 10.2 Å². The van der Waals surface area contributed by atoms with Crippen molar-refractivity contribution < 1.29 is 9.18 Å². The summed E-state index contributed by atoms with van der Waals surface area (Å²) in [7, 11) is 1.81. The Morgan fingerprint density at radius 1 is 1.50 bits per heavy atom. The van der Waals surface area contributed by atoms with E-state index >= 15 is 0 Å². The maximum absolute atomic E-state index is 13.4. The van der Waals surface area contributed by atoms with Crippen molar-refractivity contribution in [3.05, 3.63) is 35.6 Å². The molecule has 1 saturated heterocycles. The number of benzene rings is 1. The summed E-state index contributed by atoms with van der Waals surface area (Å²) in [6.07, 6.45) is 2.09. The molecule has 0 saturated carbocycles. The molecule has 1 heterocycles. The van der Waals surface area contributed by atoms with Crippen LogP contribution >= 0.6 is 0 Å². The highest BCUT2D eigenvalue weighted by Gasteiger charge is 2.36. The summed E-state index contributed by atoms with van der Waals surface area (Å²) >= 11 is 0. The molecule has 2 rings (SSSR count). The number of nitrogens with two attached hydrogens (primary N) is 1. The smallest absolute Gasteiger partial charge is 0.223 e. The summed E-state index contributed by atoms with van der Waals surface area (Å²) in [5, 5.41) is 0. The summed E-state index contributed by atoms with van der Waals surface area (Å²) in [6.45, 7) is 1.12. The lowest BCUT2D eigenvalue weighted by Crippen LogP contribution is -2.38. The van der Waals surface area contributed by atoms with E-state index in [1.165, 1.54) is 12.1 Å². The Morgan fingerprint density at radius 2 is 2.28 bits per heavy atom. The van der Waals surface area contributed by atoms with Crippen molar-refractivity contribution in [3.8, 4) is 0 Å². The van der Waals surface area contributed by atoms with Gasteiger partial charge in [-0.1, -0.05) is 12.1 Å². The zero-order valence-corrected chi connectivity index (χ0v) is 10.7. The zero-order valence-electron chi connectivity index (χ0n) is 10.7. The monoisotopic (exact) mass is 250 g/mol. The molecule has 1 aromatic rings. The van der Waals surface area contributed by atoms with Gasteiger partial charge in [0.1, 0.15) is 5.82 Å². The van der Waals surface area contributed by atoms with Gasteiger partial charge in [0.05, 0.1) is 0 Å². The third-order valence-corrected chi connectivity index (χ3v) is 3.89. The maximum Gasteiger partial charge on any atom is 0.223 e. The largest absolute Gasteiger partial charge is 0.346 e. The van der Waals surface area contributed by atoms with Gasteiger partial charge in [-0.3, -0.25) is 4.79 Å². The summed E-state index contributed by atoms with van der Waals surface area (Å²) in [5.41, 5.74) is 6.33. The third-order valence-electron chi connectivity index (χ3n) is 3.89. The third kappa shape index (κ3) is 2.38. The standard InChI is InChI=1S/C14H19FN2O/c1-17-7-3-6-14(10-16,9-13(17)18)11-4-2-5-12(15)8-11/h2,4-5,8H,3,6-7,9-10,16H2,1H3. The lowest BCUT2D eigenvalue weighted by Gasteiger charge is -2.31. The lowest BCUT2D eigenvalue weighted by molar-refractivity contribution is -0.130. The molecule has 2 N–H and O–H groups in total. The number of halogens is 1. The lowest BCUT2D eigenvalue weighted by atomic mass is 9.74. The zero-order chi connectivity index (χ0) is 13.2. The molecule has 1 amide bonds. The molecule has 0 bridgehead atoms. The molecule has 0 radical (unpaired) electrons. The first-order valence-corrected chi connectivity index (χ1v) is 6.27. The second kappa shape index (κ2) is 5.06. The predicted octanol–water partition coefficient (Wildman–Crippen LogP) is 1.66. The Labute approximate surface area is 107 Å². The molecule has 1 unspecified atom stereocenters. The summed E-state index contributed by atoms with van der Waals surface area (Å²) < 4.78 is 13.4. The summed E-state index contributed by atoms with van der Waals surface area (Å²) in [4.78, 5) is 13.8. The number of nitrogens with zero attached hydrogens (tertiary/aromatic N) is 1. The van der Waals surface area contributed by atoms with Gasteiger partial charge in [0, 0.05) is 32.0 Å². The Hall–Kier alpha value is -1.42. The molecule has 0 spiro atoms. The van der Waals surface area contributed by atoms with E-state index in [4.69, 9.17) is 5.73 Å². The number of amides is 1. The van der Waals surface area contributed by atoms with Crippen molar-refractivity contribution in [3.63, 3.8) is 0 Å². The fourth-order valence-electron chi connectivity index (χ4n) is 2.65. The fraction of sp³-hybridized carbons (Fsp3) is 0.500. The number of rotatable bonds is 2. The number of carbonyl (C=O) groups is 1. The van der Waals surface area contributed by atoms with Crippen LogP contribution in [0.4, 0.5) is 4.39 Å². The van der Waals surface area contributed by atoms with E-state index in [-0.39, 0.29) is 11.7 Å². The van der Waals surface area contributed by atoms with E-state index in [0.29, 0.717) is 13.0 Å². The van der Waals surface area contributed by atoms with Gasteiger partial charge in [-0.25, -0.2) is 4.39 Å². The molecule has 1 aliphatic rings. The van der Waals surface area contributed by atoms with Gasteiger partial charge >= 0.3 is 0 Å². The average molecular weight is 250 g/mol. The normalized spacial score (nSPS) is 25.1. The van der Waals surface area contributed by atoms with Gasteiger partial charge in [-0.2, -0.15) is 0 Å². The van der Waals surface area contributed by atoms with Crippen LogP contribution in [0, 0.1) is 5.82 Å². The molecule has 1 atom stereocenters. The molecular formula is C14H19FN2O. The SMILES string of the molecule is CN1CCCC(CN)(c2cccc(F)c2)CC1=O. The molecule has 4 heteroatoms. The number of hydrogen-bond acceptors (Lipinski definition) is 2. The van der Waals surface area contributed by atoms with E-state index in [1.54, 1.807) is 18.0 Å². The van der Waals surface area contributed by atoms with Crippen LogP contribution in [0.2, 0.25) is 0 Å². The van der Waals surface area contributed by atoms with Crippen LogP contribution in [0.1, 0.15) is 24.8 Å². The highest BCUT2D eigenvalue weighted by atomic mass is 19.1. The van der Waals surface area contributed by atoms with Gasteiger partial charge < -0.3 is 10.6 Å². The molecule has 18 heavy (non-hydrogen) atoms. The summed E-state index contributed by atoms with van der Waals surface area (Å²) in [6, 6.07) is 6.47. The van der Waals surface area contributed by atoms with Crippen LogP contribution in [0.25, 0.3) is 0 Å². The van der Waals surface area contributed by atoms with Crippen molar-refractivity contribution in [2.75, 3.05) is 20.1 Å². The number of hydrogen-bond donors (Lipinski definition) is 1. The molecule has 98 valence electrons. The van der Waals surface area contributed by atoms with Gasteiger partial charge in [-0.05, 0) is 30.5 Å². The molecule has 1 aliphatic heterocycles. The summed E-state index contributed by atoms with van der Waals surface area (Å²) in [5.74, 6) is -0.187. The minimum atomic E-state index is -0.413.